The second kappa shape index (κ2) is 6.70. The summed E-state index contributed by atoms with van der Waals surface area (Å²) in [4.78, 5) is 19.8. The maximum Gasteiger partial charge on any atom is 0.241 e. The summed E-state index contributed by atoms with van der Waals surface area (Å²) in [6.45, 7) is 7.27. The lowest BCUT2D eigenvalue weighted by molar-refractivity contribution is -0.121. The zero-order valence-corrected chi connectivity index (χ0v) is 15.4. The molecule has 1 aromatic rings. The van der Waals surface area contributed by atoms with Crippen molar-refractivity contribution in [2.75, 3.05) is 24.2 Å². The topological polar surface area (TPSA) is 80.0 Å². The average Bonchev–Trinajstić information content (AvgIpc) is 3.18. The van der Waals surface area contributed by atoms with E-state index in [4.69, 9.17) is 15.5 Å². The van der Waals surface area contributed by atoms with Crippen LogP contribution in [0.2, 0.25) is 0 Å². The van der Waals surface area contributed by atoms with Gasteiger partial charge in [-0.05, 0) is 49.6 Å². The van der Waals surface area contributed by atoms with E-state index >= 15 is 0 Å². The number of hydrogen-bond acceptors (Lipinski definition) is 5. The Hall–Kier alpha value is -2.86. The molecule has 3 N–H and O–H groups in total. The Kier molecular flexibility index (Phi) is 4.36. The van der Waals surface area contributed by atoms with Crippen LogP contribution in [0.3, 0.4) is 0 Å². The van der Waals surface area contributed by atoms with Gasteiger partial charge in [-0.1, -0.05) is 18.7 Å². The number of allylic oxidation sites excluding steroid dienone is 1. The molecule has 1 fully saturated rings. The third-order valence-corrected chi connectivity index (χ3v) is 5.26. The maximum absolute atomic E-state index is 12.9. The number of hydrogen-bond donors (Lipinski definition) is 2. The molecule has 2 atom stereocenters. The fraction of sp³-hybridized carbons (Fsp3) is 0.333. The highest BCUT2D eigenvalue weighted by Gasteiger charge is 2.54. The van der Waals surface area contributed by atoms with Crippen LogP contribution in [-0.2, 0) is 9.53 Å². The Balaban J connectivity index is 1.48. The molecule has 0 bridgehead atoms. The Morgan fingerprint density at radius 1 is 1.48 bits per heavy atom. The molecule has 6 heteroatoms. The third-order valence-electron chi connectivity index (χ3n) is 5.26. The summed E-state index contributed by atoms with van der Waals surface area (Å²) < 4.78 is 5.47. The van der Waals surface area contributed by atoms with Crippen LogP contribution in [0.15, 0.2) is 64.9 Å². The molecule has 27 heavy (non-hydrogen) atoms. The van der Waals surface area contributed by atoms with Crippen molar-refractivity contribution < 1.29 is 9.53 Å². The Bertz CT molecular complexity index is 886. The first kappa shape index (κ1) is 17.5. The molecule has 0 saturated carbocycles. The van der Waals surface area contributed by atoms with Gasteiger partial charge in [-0.3, -0.25) is 14.7 Å². The van der Waals surface area contributed by atoms with Gasteiger partial charge in [0.05, 0.1) is 24.0 Å². The van der Waals surface area contributed by atoms with E-state index in [1.54, 1.807) is 12.3 Å². The highest BCUT2D eigenvalue weighted by atomic mass is 16.5. The number of dihydropyridines is 1. The highest BCUT2D eigenvalue weighted by Crippen LogP contribution is 2.48. The molecule has 1 unspecified atom stereocenters. The minimum Gasteiger partial charge on any atom is -0.494 e. The van der Waals surface area contributed by atoms with Crippen molar-refractivity contribution in [1.29, 1.82) is 0 Å². The van der Waals surface area contributed by atoms with Gasteiger partial charge in [0, 0.05) is 18.3 Å². The molecule has 0 spiro atoms. The molecule has 6 nitrogen and oxygen atoms in total. The summed E-state index contributed by atoms with van der Waals surface area (Å²) in [7, 11) is 0. The quantitative estimate of drug-likeness (QED) is 0.601. The normalized spacial score (nSPS) is 26.0. The lowest BCUT2D eigenvalue weighted by Crippen LogP contribution is -2.48. The van der Waals surface area contributed by atoms with Gasteiger partial charge < -0.3 is 15.8 Å². The number of nitrogens with two attached hydrogens (primary N) is 1. The molecule has 2 aliphatic heterocycles. The van der Waals surface area contributed by atoms with E-state index in [0.717, 1.165) is 30.5 Å². The van der Waals surface area contributed by atoms with Crippen LogP contribution < -0.4 is 11.1 Å². The number of fused-ring (bicyclic) bond motifs is 1. The third kappa shape index (κ3) is 3.06. The SMILES string of the molecule is C=C(OCC)C1=CC2=CC2(N2CCC[C@H]2C(=O)Nc2ccccc2N)N=C1. The second-order valence-electron chi connectivity index (χ2n) is 6.97. The molecule has 1 amide bonds. The van der Waals surface area contributed by atoms with Crippen molar-refractivity contribution in [3.05, 3.63) is 59.9 Å². The summed E-state index contributed by atoms with van der Waals surface area (Å²) in [5, 5.41) is 2.97. The number of likely N-dealkylation sites (tertiary alicyclic amines) is 1. The molecular weight excluding hydrogens is 340 g/mol. The predicted octanol–water partition coefficient (Wildman–Crippen LogP) is 2.87. The van der Waals surface area contributed by atoms with Gasteiger partial charge in [0.15, 0.2) is 5.66 Å². The standard InChI is InChI=1S/C21H24N4O2/c1-3-27-14(2)15-11-16-12-21(16,23-13-15)25-10-6-9-19(25)20(26)24-18-8-5-4-7-17(18)22/h4-5,7-8,11-13,19H,2-3,6,9-10,22H2,1H3,(H,24,26)/t19-,21?/m0/s1. The minimum atomic E-state index is -0.489. The number of ether oxygens (including phenoxy) is 1. The molecule has 0 radical (unpaired) electrons. The highest BCUT2D eigenvalue weighted by molar-refractivity contribution is 5.98. The van der Waals surface area contributed by atoms with E-state index in [-0.39, 0.29) is 11.9 Å². The number of nitrogen functional groups attached to an aromatic ring is 1. The van der Waals surface area contributed by atoms with Gasteiger partial charge in [-0.2, -0.15) is 0 Å². The Labute approximate surface area is 159 Å². The fourth-order valence-electron chi connectivity index (χ4n) is 3.82. The van der Waals surface area contributed by atoms with Gasteiger partial charge >= 0.3 is 0 Å². The molecule has 2 heterocycles. The zero-order chi connectivity index (χ0) is 19.0. The first-order valence-electron chi connectivity index (χ1n) is 9.29. The first-order chi connectivity index (χ1) is 13.0. The predicted molar refractivity (Wildman–Crippen MR) is 107 cm³/mol. The van der Waals surface area contributed by atoms with Crippen molar-refractivity contribution in [2.45, 2.75) is 31.5 Å². The summed E-state index contributed by atoms with van der Waals surface area (Å²) in [5.41, 5.74) is 8.67. The van der Waals surface area contributed by atoms with E-state index in [1.165, 1.54) is 0 Å². The van der Waals surface area contributed by atoms with Crippen LogP contribution in [0.25, 0.3) is 0 Å². The van der Waals surface area contributed by atoms with Gasteiger partial charge in [0.2, 0.25) is 5.91 Å². The fourth-order valence-corrected chi connectivity index (χ4v) is 3.82. The lowest BCUT2D eigenvalue weighted by atomic mass is 10.1. The first-order valence-corrected chi connectivity index (χ1v) is 9.29. The van der Waals surface area contributed by atoms with Crippen molar-refractivity contribution in [2.24, 2.45) is 4.99 Å². The van der Waals surface area contributed by atoms with Gasteiger partial charge in [-0.15, -0.1) is 0 Å². The molecule has 3 aliphatic rings. The van der Waals surface area contributed by atoms with Crippen LogP contribution >= 0.6 is 0 Å². The molecule has 4 rings (SSSR count). The van der Waals surface area contributed by atoms with E-state index in [2.05, 4.69) is 22.9 Å². The smallest absolute Gasteiger partial charge is 0.241 e. The van der Waals surface area contributed by atoms with Gasteiger partial charge in [0.25, 0.3) is 0 Å². The summed E-state index contributed by atoms with van der Waals surface area (Å²) in [6, 6.07) is 7.08. The summed E-state index contributed by atoms with van der Waals surface area (Å²) in [5.74, 6) is 0.584. The van der Waals surface area contributed by atoms with Crippen molar-refractivity contribution in [3.63, 3.8) is 0 Å². The second-order valence-corrected chi connectivity index (χ2v) is 6.97. The monoisotopic (exact) mass is 364 g/mol. The minimum absolute atomic E-state index is 0.0388. The number of nitrogens with zero attached hydrogens (tertiary/aromatic N) is 2. The van der Waals surface area contributed by atoms with Crippen LogP contribution in [0.5, 0.6) is 0 Å². The molecule has 140 valence electrons. The van der Waals surface area contributed by atoms with E-state index in [0.29, 0.717) is 23.7 Å². The number of carbonyl (C=O) groups excluding carboxylic acids is 1. The van der Waals surface area contributed by atoms with Crippen LogP contribution in [0.1, 0.15) is 19.8 Å². The number of rotatable bonds is 6. The average molecular weight is 364 g/mol. The number of benzene rings is 1. The van der Waals surface area contributed by atoms with Crippen LogP contribution in [-0.4, -0.2) is 41.9 Å². The number of aliphatic imine (C=N–C) groups is 1. The van der Waals surface area contributed by atoms with Crippen molar-refractivity contribution >= 4 is 23.5 Å². The zero-order valence-electron chi connectivity index (χ0n) is 15.4. The van der Waals surface area contributed by atoms with E-state index in [1.807, 2.05) is 31.2 Å². The van der Waals surface area contributed by atoms with Crippen LogP contribution in [0.4, 0.5) is 11.4 Å². The molecule has 1 saturated heterocycles. The van der Waals surface area contributed by atoms with E-state index in [9.17, 15) is 4.79 Å². The molecule has 1 aliphatic carbocycles. The van der Waals surface area contributed by atoms with E-state index < -0.39 is 5.66 Å². The summed E-state index contributed by atoms with van der Waals surface area (Å²) >= 11 is 0. The largest absolute Gasteiger partial charge is 0.494 e. The Morgan fingerprint density at radius 3 is 3.04 bits per heavy atom. The number of carbonyl (C=O) groups is 1. The number of para-hydroxylation sites is 2. The molecule has 0 aromatic heterocycles. The van der Waals surface area contributed by atoms with Crippen molar-refractivity contribution in [3.8, 4) is 0 Å². The number of anilines is 2. The van der Waals surface area contributed by atoms with Gasteiger partial charge in [0.1, 0.15) is 5.76 Å². The summed E-state index contributed by atoms with van der Waals surface area (Å²) in [6.07, 6.45) is 7.71. The number of amides is 1. The Morgan fingerprint density at radius 2 is 2.30 bits per heavy atom. The maximum atomic E-state index is 12.9. The van der Waals surface area contributed by atoms with Crippen molar-refractivity contribution in [1.82, 2.24) is 4.90 Å². The van der Waals surface area contributed by atoms with Gasteiger partial charge in [-0.25, -0.2) is 0 Å². The molecule has 1 aromatic carbocycles. The van der Waals surface area contributed by atoms with Crippen LogP contribution in [0, 0.1) is 0 Å². The number of nitrogens with one attached hydrogen (secondary N) is 1. The lowest BCUT2D eigenvalue weighted by Gasteiger charge is -2.32. The molecular formula is C21H24N4O2.